The van der Waals surface area contributed by atoms with Gasteiger partial charge in [0.25, 0.3) is 5.91 Å². The molecule has 3 aromatic rings. The molecule has 1 atom stereocenters. The Kier molecular flexibility index (Phi) is 4.00. The zero-order valence-corrected chi connectivity index (χ0v) is 15.3. The predicted octanol–water partition coefficient (Wildman–Crippen LogP) is 5.38. The van der Waals surface area contributed by atoms with Crippen molar-refractivity contribution in [2.75, 3.05) is 10.2 Å². The third-order valence-electron chi connectivity index (χ3n) is 5.10. The summed E-state index contributed by atoms with van der Waals surface area (Å²) >= 11 is 0. The summed E-state index contributed by atoms with van der Waals surface area (Å²) in [6, 6.07) is 22.2. The molecule has 1 amide bonds. The highest BCUT2D eigenvalue weighted by Gasteiger charge is 2.38. The summed E-state index contributed by atoms with van der Waals surface area (Å²) in [5.41, 5.74) is 7.24. The average molecular weight is 342 g/mol. The van der Waals surface area contributed by atoms with Crippen molar-refractivity contribution < 1.29 is 4.79 Å². The number of rotatable bonds is 3. The van der Waals surface area contributed by atoms with Gasteiger partial charge in [-0.1, -0.05) is 54.6 Å². The molecule has 1 heterocycles. The van der Waals surface area contributed by atoms with E-state index in [0.717, 1.165) is 28.1 Å². The Hall–Kier alpha value is -3.07. The van der Waals surface area contributed by atoms with Crippen LogP contribution < -0.4 is 10.2 Å². The second-order valence-corrected chi connectivity index (χ2v) is 6.86. The molecule has 1 aliphatic rings. The van der Waals surface area contributed by atoms with E-state index in [1.54, 1.807) is 0 Å². The number of benzene rings is 3. The predicted molar refractivity (Wildman–Crippen MR) is 107 cm³/mol. The maximum atomic E-state index is 13.2. The van der Waals surface area contributed by atoms with Crippen molar-refractivity contribution in [2.24, 2.45) is 0 Å². The lowest BCUT2D eigenvalue weighted by Gasteiger charge is -2.29. The topological polar surface area (TPSA) is 32.3 Å². The van der Waals surface area contributed by atoms with E-state index < -0.39 is 0 Å². The van der Waals surface area contributed by atoms with E-state index in [9.17, 15) is 4.79 Å². The van der Waals surface area contributed by atoms with Gasteiger partial charge in [0.1, 0.15) is 6.17 Å². The molecule has 1 aliphatic heterocycles. The first kappa shape index (κ1) is 16.4. The number of anilines is 2. The quantitative estimate of drug-likeness (QED) is 0.693. The molecule has 0 saturated carbocycles. The third-order valence-corrected chi connectivity index (χ3v) is 5.10. The maximum Gasteiger partial charge on any atom is 0.260 e. The summed E-state index contributed by atoms with van der Waals surface area (Å²) in [5.74, 6) is 0.0404. The minimum atomic E-state index is -0.223. The van der Waals surface area contributed by atoms with Gasteiger partial charge in [0, 0.05) is 22.5 Å². The molecule has 3 nitrogen and oxygen atoms in total. The van der Waals surface area contributed by atoms with Crippen LogP contribution in [0.4, 0.5) is 11.4 Å². The standard InChI is InChI=1S/C23H22N2O/c1-15-9-4-7-14-20(15)25-22(18-12-5-6-13-19(18)23(25)26)24-21-16(2)10-8-11-17(21)3/h4-14,22,24H,1-3H3/t22-/m0/s1. The number of amides is 1. The van der Waals surface area contributed by atoms with Gasteiger partial charge in [-0.3, -0.25) is 9.69 Å². The number of nitrogens with zero attached hydrogens (tertiary/aromatic N) is 1. The Morgan fingerprint density at radius 1 is 0.769 bits per heavy atom. The largest absolute Gasteiger partial charge is 0.361 e. The molecule has 26 heavy (non-hydrogen) atoms. The van der Waals surface area contributed by atoms with Crippen molar-refractivity contribution in [3.8, 4) is 0 Å². The van der Waals surface area contributed by atoms with E-state index in [-0.39, 0.29) is 12.1 Å². The van der Waals surface area contributed by atoms with E-state index in [4.69, 9.17) is 0 Å². The first-order chi connectivity index (χ1) is 12.6. The number of carbonyl (C=O) groups is 1. The lowest BCUT2D eigenvalue weighted by Crippen LogP contribution is -2.33. The number of aryl methyl sites for hydroxylation is 3. The molecule has 0 unspecified atom stereocenters. The molecule has 0 radical (unpaired) electrons. The molecule has 0 spiro atoms. The first-order valence-corrected chi connectivity index (χ1v) is 8.89. The van der Waals surface area contributed by atoms with Crippen LogP contribution in [0.5, 0.6) is 0 Å². The van der Waals surface area contributed by atoms with Crippen LogP contribution in [-0.2, 0) is 0 Å². The summed E-state index contributed by atoms with van der Waals surface area (Å²) in [4.78, 5) is 15.1. The average Bonchev–Trinajstić information content (AvgIpc) is 2.91. The summed E-state index contributed by atoms with van der Waals surface area (Å²) in [5, 5.41) is 3.64. The Bertz CT molecular complexity index is 973. The second-order valence-electron chi connectivity index (χ2n) is 6.86. The van der Waals surface area contributed by atoms with Gasteiger partial charge in [0.2, 0.25) is 0 Å². The van der Waals surface area contributed by atoms with Crippen molar-refractivity contribution in [1.29, 1.82) is 0 Å². The van der Waals surface area contributed by atoms with Crippen LogP contribution in [0.15, 0.2) is 66.7 Å². The van der Waals surface area contributed by atoms with Crippen LogP contribution in [0.2, 0.25) is 0 Å². The summed E-state index contributed by atoms with van der Waals surface area (Å²) in [6.45, 7) is 6.23. The van der Waals surface area contributed by atoms with Crippen LogP contribution in [0.3, 0.4) is 0 Å². The van der Waals surface area contributed by atoms with Gasteiger partial charge in [-0.15, -0.1) is 0 Å². The van der Waals surface area contributed by atoms with Gasteiger partial charge < -0.3 is 5.32 Å². The molecule has 0 saturated heterocycles. The Labute approximate surface area is 154 Å². The van der Waals surface area contributed by atoms with Crippen LogP contribution in [0, 0.1) is 20.8 Å². The highest BCUT2D eigenvalue weighted by Crippen LogP contribution is 2.40. The molecular formula is C23H22N2O. The van der Waals surface area contributed by atoms with Gasteiger partial charge >= 0.3 is 0 Å². The number of hydrogen-bond donors (Lipinski definition) is 1. The summed E-state index contributed by atoms with van der Waals surface area (Å²) < 4.78 is 0. The summed E-state index contributed by atoms with van der Waals surface area (Å²) in [6.07, 6.45) is -0.223. The van der Waals surface area contributed by atoms with E-state index in [1.807, 2.05) is 60.4 Å². The molecule has 1 N–H and O–H groups in total. The number of para-hydroxylation sites is 2. The molecular weight excluding hydrogens is 320 g/mol. The Balaban J connectivity index is 1.86. The molecule has 3 aromatic carbocycles. The van der Waals surface area contributed by atoms with Crippen LogP contribution >= 0.6 is 0 Å². The first-order valence-electron chi connectivity index (χ1n) is 8.89. The number of fused-ring (bicyclic) bond motifs is 1. The zero-order valence-electron chi connectivity index (χ0n) is 15.3. The van der Waals surface area contributed by atoms with Gasteiger partial charge in [-0.2, -0.15) is 0 Å². The molecule has 130 valence electrons. The molecule has 3 heteroatoms. The smallest absolute Gasteiger partial charge is 0.260 e. The van der Waals surface area contributed by atoms with Crippen molar-refractivity contribution in [3.63, 3.8) is 0 Å². The van der Waals surface area contributed by atoms with Crippen LogP contribution in [0.1, 0.15) is 38.8 Å². The molecule has 4 rings (SSSR count). The maximum absolute atomic E-state index is 13.2. The molecule has 0 aliphatic carbocycles. The normalized spacial score (nSPS) is 15.9. The number of carbonyl (C=O) groups excluding carboxylic acids is 1. The van der Waals surface area contributed by atoms with Crippen LogP contribution in [-0.4, -0.2) is 5.91 Å². The van der Waals surface area contributed by atoms with E-state index in [2.05, 4.69) is 37.4 Å². The Morgan fingerprint density at radius 2 is 1.38 bits per heavy atom. The van der Waals surface area contributed by atoms with Crippen molar-refractivity contribution in [2.45, 2.75) is 26.9 Å². The fraction of sp³-hybridized carbons (Fsp3) is 0.174. The van der Waals surface area contributed by atoms with Gasteiger partial charge in [0.15, 0.2) is 0 Å². The van der Waals surface area contributed by atoms with Crippen molar-refractivity contribution in [3.05, 3.63) is 94.5 Å². The fourth-order valence-corrected chi connectivity index (χ4v) is 3.72. The van der Waals surface area contributed by atoms with Crippen LogP contribution in [0.25, 0.3) is 0 Å². The number of nitrogens with one attached hydrogen (secondary N) is 1. The van der Waals surface area contributed by atoms with Crippen molar-refractivity contribution >= 4 is 17.3 Å². The minimum Gasteiger partial charge on any atom is -0.361 e. The highest BCUT2D eigenvalue weighted by molar-refractivity contribution is 6.11. The SMILES string of the molecule is Cc1ccccc1N1C(=O)c2ccccc2[C@H]1Nc1c(C)cccc1C. The van der Waals surface area contributed by atoms with Gasteiger partial charge in [-0.25, -0.2) is 0 Å². The van der Waals surface area contributed by atoms with E-state index in [0.29, 0.717) is 0 Å². The fourth-order valence-electron chi connectivity index (χ4n) is 3.72. The molecule has 0 aromatic heterocycles. The lowest BCUT2D eigenvalue weighted by molar-refractivity contribution is 0.0992. The molecule has 0 fully saturated rings. The molecule has 0 bridgehead atoms. The van der Waals surface area contributed by atoms with E-state index in [1.165, 1.54) is 11.1 Å². The Morgan fingerprint density at radius 3 is 2.12 bits per heavy atom. The minimum absolute atomic E-state index is 0.0404. The summed E-state index contributed by atoms with van der Waals surface area (Å²) in [7, 11) is 0. The third kappa shape index (κ3) is 2.57. The highest BCUT2D eigenvalue weighted by atomic mass is 16.2. The van der Waals surface area contributed by atoms with Crippen molar-refractivity contribution in [1.82, 2.24) is 0 Å². The number of hydrogen-bond acceptors (Lipinski definition) is 2. The van der Waals surface area contributed by atoms with E-state index >= 15 is 0 Å². The van der Waals surface area contributed by atoms with Gasteiger partial charge in [0.05, 0.1) is 0 Å². The lowest BCUT2D eigenvalue weighted by atomic mass is 10.1. The zero-order chi connectivity index (χ0) is 18.3. The monoisotopic (exact) mass is 342 g/mol. The second kappa shape index (κ2) is 6.34. The van der Waals surface area contributed by atoms with Gasteiger partial charge in [-0.05, 0) is 49.6 Å².